The van der Waals surface area contributed by atoms with Crippen LogP contribution in [0, 0.1) is 0 Å². The fourth-order valence-electron chi connectivity index (χ4n) is 2.38. The summed E-state index contributed by atoms with van der Waals surface area (Å²) in [5, 5.41) is 23.4. The van der Waals surface area contributed by atoms with Crippen molar-refractivity contribution < 1.29 is 61.4 Å². The van der Waals surface area contributed by atoms with E-state index < -0.39 is 59.9 Å². The van der Waals surface area contributed by atoms with E-state index in [-0.39, 0.29) is 5.82 Å². The van der Waals surface area contributed by atoms with Crippen molar-refractivity contribution in [2.75, 3.05) is 12.3 Å². The van der Waals surface area contributed by atoms with Gasteiger partial charge in [-0.15, -0.1) is 0 Å². The van der Waals surface area contributed by atoms with Crippen LogP contribution in [-0.4, -0.2) is 49.2 Å². The van der Waals surface area contributed by atoms with Crippen molar-refractivity contribution in [2.24, 2.45) is 5.11 Å². The summed E-state index contributed by atoms with van der Waals surface area (Å²) < 4.78 is 49.7. The van der Waals surface area contributed by atoms with Gasteiger partial charge in [-0.25, -0.2) is 13.4 Å². The van der Waals surface area contributed by atoms with Crippen LogP contribution in [0.1, 0.15) is 6.23 Å². The first kappa shape index (κ1) is 26.5. The minimum absolute atomic E-state index is 0.219. The molecule has 0 amide bonds. The second-order valence-electron chi connectivity index (χ2n) is 5.82. The molecule has 7 atom stereocenters. The predicted molar refractivity (Wildman–Crippen MR) is 90.1 cm³/mol. The molecule has 1 aliphatic heterocycles. The van der Waals surface area contributed by atoms with Crippen LogP contribution in [0.2, 0.25) is 0 Å². The number of anilines is 1. The Morgan fingerprint density at radius 3 is 2.47 bits per heavy atom. The largest absolute Gasteiger partial charge is 0.756 e. The van der Waals surface area contributed by atoms with Crippen LogP contribution < -0.4 is 26.1 Å². The third-order valence-corrected chi connectivity index (χ3v) is 7.25. The van der Waals surface area contributed by atoms with E-state index in [0.29, 0.717) is 4.57 Å². The summed E-state index contributed by atoms with van der Waals surface area (Å²) in [5.74, 6) is -0.219. The lowest BCUT2D eigenvalue weighted by Gasteiger charge is -2.34. The van der Waals surface area contributed by atoms with Gasteiger partial charge in [0.25, 0.3) is 23.5 Å². The molecular formula is C9H12N6O14P3-3. The molecule has 5 N–H and O–H groups in total. The molecule has 23 heteroatoms. The molecule has 0 saturated carbocycles. The maximum Gasteiger partial charge on any atom is 0.351 e. The lowest BCUT2D eigenvalue weighted by molar-refractivity contribution is -0.251. The zero-order valence-electron chi connectivity index (χ0n) is 15.1. The van der Waals surface area contributed by atoms with E-state index in [1.165, 1.54) is 0 Å². The van der Waals surface area contributed by atoms with Crippen molar-refractivity contribution in [3.05, 3.63) is 33.2 Å². The molecule has 0 radical (unpaired) electrons. The summed E-state index contributed by atoms with van der Waals surface area (Å²) in [6.45, 7) is -1.54. The Morgan fingerprint density at radius 1 is 1.31 bits per heavy atom. The highest BCUT2D eigenvalue weighted by molar-refractivity contribution is 7.65. The minimum atomic E-state index is -6.23. The van der Waals surface area contributed by atoms with E-state index in [1.54, 1.807) is 0 Å². The van der Waals surface area contributed by atoms with Gasteiger partial charge < -0.3 is 44.8 Å². The fraction of sp³-hybridized carbons (Fsp3) is 0.556. The molecule has 1 aliphatic rings. The summed E-state index contributed by atoms with van der Waals surface area (Å²) in [6, 6.07) is 1.09. The van der Waals surface area contributed by atoms with E-state index in [1.807, 2.05) is 0 Å². The first-order valence-corrected chi connectivity index (χ1v) is 12.1. The lowest BCUT2D eigenvalue weighted by atomic mass is 10.1. The zero-order chi connectivity index (χ0) is 24.5. The van der Waals surface area contributed by atoms with E-state index in [9.17, 15) is 43.4 Å². The summed E-state index contributed by atoms with van der Waals surface area (Å²) in [5.41, 5.74) is 10.2. The van der Waals surface area contributed by atoms with Gasteiger partial charge in [0, 0.05) is 11.1 Å². The number of azide groups is 1. The van der Waals surface area contributed by atoms with Crippen LogP contribution in [0.25, 0.3) is 10.4 Å². The van der Waals surface area contributed by atoms with E-state index in [0.717, 1.165) is 12.3 Å². The average Bonchev–Trinajstić information content (AvgIpc) is 2.83. The SMILES string of the molecule is [N-]=[N+]=N[C@]1(COP(=O)([O-])OP(=O)([O-])OP(=O)([O-])O)O[C@@H](n2ccc(N)nc2=O)[C@H](O)[C@@H]1O. The molecule has 0 aromatic carbocycles. The number of aliphatic hydroxyl groups excluding tert-OH is 2. The smallest absolute Gasteiger partial charge is 0.351 e. The van der Waals surface area contributed by atoms with Gasteiger partial charge in [0.15, 0.2) is 6.23 Å². The standard InChI is InChI=1S/C9H15N6O14P3/c10-4-1-2-15(8(18)12-4)7-5(16)6(17)9(27-7,13-14-11)3-26-31(22,23)29-32(24,25)28-30(19,20)21/h1-2,5-7,16-17H,3H2,(H,22,23)(H,24,25)(H2,10,12,18)(H2,19,20,21)/p-3/t5-,6+,7-,9-/m1/s1. The topological polar surface area (TPSA) is 328 Å². The van der Waals surface area contributed by atoms with E-state index in [2.05, 4.69) is 28.2 Å². The Hall–Kier alpha value is -1.72. The number of phosphoric ester groups is 1. The number of ether oxygens (including phenoxy) is 1. The van der Waals surface area contributed by atoms with Crippen molar-refractivity contribution in [1.82, 2.24) is 9.55 Å². The van der Waals surface area contributed by atoms with E-state index >= 15 is 0 Å². The van der Waals surface area contributed by atoms with Crippen molar-refractivity contribution in [3.8, 4) is 0 Å². The molecule has 3 unspecified atom stereocenters. The van der Waals surface area contributed by atoms with Gasteiger partial charge >= 0.3 is 5.69 Å². The number of hydrogen-bond donors (Lipinski definition) is 4. The maximum absolute atomic E-state index is 11.9. The maximum atomic E-state index is 11.9. The summed E-state index contributed by atoms with van der Waals surface area (Å²) in [4.78, 5) is 59.3. The van der Waals surface area contributed by atoms with Crippen LogP contribution >= 0.6 is 23.5 Å². The molecule has 1 aromatic heterocycles. The van der Waals surface area contributed by atoms with Gasteiger partial charge in [-0.2, -0.15) is 4.98 Å². The molecule has 0 aliphatic carbocycles. The predicted octanol–water partition coefficient (Wildman–Crippen LogP) is -3.47. The van der Waals surface area contributed by atoms with E-state index in [4.69, 9.17) is 20.9 Å². The molecule has 32 heavy (non-hydrogen) atoms. The van der Waals surface area contributed by atoms with Crippen molar-refractivity contribution >= 4 is 29.3 Å². The van der Waals surface area contributed by atoms with Crippen LogP contribution in [0.3, 0.4) is 0 Å². The zero-order valence-corrected chi connectivity index (χ0v) is 17.8. The molecule has 0 spiro atoms. The van der Waals surface area contributed by atoms with Gasteiger partial charge in [-0.05, 0) is 11.6 Å². The Morgan fingerprint density at radius 2 is 1.94 bits per heavy atom. The van der Waals surface area contributed by atoms with Gasteiger partial charge in [-0.1, -0.05) is 5.11 Å². The van der Waals surface area contributed by atoms with Gasteiger partial charge in [0.05, 0.1) is 6.61 Å². The summed E-state index contributed by atoms with van der Waals surface area (Å²) >= 11 is 0. The number of rotatable bonds is 9. The molecule has 1 aromatic rings. The van der Waals surface area contributed by atoms with Crippen molar-refractivity contribution in [3.63, 3.8) is 0 Å². The highest BCUT2D eigenvalue weighted by Crippen LogP contribution is 2.61. The Bertz CT molecular complexity index is 1120. The van der Waals surface area contributed by atoms with Gasteiger partial charge in [-0.3, -0.25) is 18.3 Å². The van der Waals surface area contributed by atoms with Crippen LogP contribution in [0.15, 0.2) is 22.2 Å². The quantitative estimate of drug-likeness (QED) is 0.106. The second kappa shape index (κ2) is 9.26. The number of hydrogen-bond acceptors (Lipinski definition) is 16. The fourth-order valence-corrected chi connectivity index (χ4v) is 5.29. The number of aromatic nitrogens is 2. The van der Waals surface area contributed by atoms with Crippen LogP contribution in [-0.2, 0) is 31.6 Å². The Kier molecular flexibility index (Phi) is 7.68. The highest BCUT2D eigenvalue weighted by Gasteiger charge is 2.56. The first-order chi connectivity index (χ1) is 14.5. The Balaban J connectivity index is 2.28. The number of nitrogen functional groups attached to an aromatic ring is 1. The number of aliphatic hydroxyl groups is 2. The average molecular weight is 521 g/mol. The number of nitrogens with zero attached hydrogens (tertiary/aromatic N) is 5. The molecule has 20 nitrogen and oxygen atoms in total. The lowest BCUT2D eigenvalue weighted by Crippen LogP contribution is -2.45. The molecule has 1 saturated heterocycles. The normalized spacial score (nSPS) is 31.1. The molecule has 0 bridgehead atoms. The van der Waals surface area contributed by atoms with Crippen LogP contribution in [0.5, 0.6) is 0 Å². The van der Waals surface area contributed by atoms with Gasteiger partial charge in [0.2, 0.25) is 5.72 Å². The second-order valence-corrected chi connectivity index (χ2v) is 10.1. The highest BCUT2D eigenvalue weighted by atomic mass is 31.3. The molecule has 180 valence electrons. The van der Waals surface area contributed by atoms with Crippen molar-refractivity contribution in [2.45, 2.75) is 24.2 Å². The molecule has 2 rings (SSSR count). The summed E-state index contributed by atoms with van der Waals surface area (Å²) in [7, 11) is -18.3. The monoisotopic (exact) mass is 521 g/mol. The van der Waals surface area contributed by atoms with Gasteiger partial charge in [0.1, 0.15) is 18.0 Å². The molecular weight excluding hydrogens is 509 g/mol. The van der Waals surface area contributed by atoms with Crippen molar-refractivity contribution in [1.29, 1.82) is 0 Å². The molecule has 1 fully saturated rings. The Labute approximate surface area is 175 Å². The molecule has 2 heterocycles. The third kappa shape index (κ3) is 6.41. The first-order valence-electron chi connectivity index (χ1n) is 7.69. The summed E-state index contributed by atoms with van der Waals surface area (Å²) in [6.07, 6.45) is -5.15. The minimum Gasteiger partial charge on any atom is -0.756 e. The number of nitrogens with two attached hydrogens (primary N) is 1. The van der Waals surface area contributed by atoms with Crippen LogP contribution in [0.4, 0.5) is 5.82 Å². The third-order valence-electron chi connectivity index (χ3n) is 3.57. The number of phosphoric acid groups is 3.